The van der Waals surface area contributed by atoms with Gasteiger partial charge in [0, 0.05) is 5.57 Å². The molecule has 12 heavy (non-hydrogen) atoms. The van der Waals surface area contributed by atoms with E-state index in [0.29, 0.717) is 0 Å². The van der Waals surface area contributed by atoms with E-state index < -0.39 is 0 Å². The molecule has 1 heteroatoms. The molecule has 0 fully saturated rings. The van der Waals surface area contributed by atoms with Crippen LogP contribution in [0.25, 0.3) is 0 Å². The lowest BCUT2D eigenvalue weighted by molar-refractivity contribution is -0.104. The topological polar surface area (TPSA) is 17.1 Å². The highest BCUT2D eigenvalue weighted by atomic mass is 16.1. The van der Waals surface area contributed by atoms with Gasteiger partial charge in [-0.15, -0.1) is 0 Å². The Hall–Kier alpha value is -1.37. The summed E-state index contributed by atoms with van der Waals surface area (Å²) >= 11 is 0. The zero-order valence-electron chi connectivity index (χ0n) is 6.63. The van der Waals surface area contributed by atoms with E-state index >= 15 is 0 Å². The molecule has 2 bridgehead atoms. The number of fused-ring (bicyclic) bond motifs is 3. The fourth-order valence-electron chi connectivity index (χ4n) is 2.27. The molecule has 0 amide bonds. The van der Waals surface area contributed by atoms with Crippen molar-refractivity contribution in [1.29, 1.82) is 0 Å². The third-order valence-electron chi connectivity index (χ3n) is 2.82. The first kappa shape index (κ1) is 6.18. The Morgan fingerprint density at radius 1 is 1.25 bits per heavy atom. The number of rotatable bonds is 1. The molecule has 0 radical (unpaired) electrons. The number of carbonyl (C=O) groups is 1. The molecule has 1 nitrogen and oxygen atoms in total. The molecular formula is C11H8O. The van der Waals surface area contributed by atoms with Crippen molar-refractivity contribution in [2.45, 2.75) is 12.8 Å². The lowest BCUT2D eigenvalue weighted by atomic mass is 10.0. The summed E-state index contributed by atoms with van der Waals surface area (Å²) in [5.41, 5.74) is 6.31. The first-order valence-corrected chi connectivity index (χ1v) is 4.19. The average Bonchev–Trinajstić information content (AvgIpc) is 2.76. The van der Waals surface area contributed by atoms with Gasteiger partial charge >= 0.3 is 0 Å². The highest BCUT2D eigenvalue weighted by Gasteiger charge is 2.30. The van der Waals surface area contributed by atoms with E-state index in [1.807, 2.05) is 6.08 Å². The van der Waals surface area contributed by atoms with Gasteiger partial charge in [-0.3, -0.25) is 4.79 Å². The minimum Gasteiger partial charge on any atom is -0.298 e. The summed E-state index contributed by atoms with van der Waals surface area (Å²) < 4.78 is 0. The van der Waals surface area contributed by atoms with Crippen LogP contribution in [0.1, 0.15) is 12.8 Å². The Morgan fingerprint density at radius 2 is 2.08 bits per heavy atom. The van der Waals surface area contributed by atoms with Crippen molar-refractivity contribution in [3.63, 3.8) is 0 Å². The van der Waals surface area contributed by atoms with E-state index in [9.17, 15) is 4.79 Å². The summed E-state index contributed by atoms with van der Waals surface area (Å²) in [6, 6.07) is 0. The van der Waals surface area contributed by atoms with Gasteiger partial charge in [-0.05, 0) is 35.1 Å². The molecule has 0 aromatic heterocycles. The molecule has 58 valence electrons. The highest BCUT2D eigenvalue weighted by molar-refractivity contribution is 5.89. The van der Waals surface area contributed by atoms with Crippen LogP contribution in [0.4, 0.5) is 0 Å². The van der Waals surface area contributed by atoms with Gasteiger partial charge in [-0.2, -0.15) is 0 Å². The quantitative estimate of drug-likeness (QED) is 0.531. The lowest BCUT2D eigenvalue weighted by Crippen LogP contribution is -1.89. The van der Waals surface area contributed by atoms with Crippen molar-refractivity contribution < 1.29 is 4.79 Å². The maximum atomic E-state index is 10.7. The van der Waals surface area contributed by atoms with Crippen LogP contribution in [-0.4, -0.2) is 6.29 Å². The molecule has 0 saturated carbocycles. The van der Waals surface area contributed by atoms with E-state index in [4.69, 9.17) is 0 Å². The molecule has 3 rings (SSSR count). The zero-order chi connectivity index (χ0) is 8.13. The predicted octanol–water partition coefficient (Wildman–Crippen LogP) is 2.08. The maximum absolute atomic E-state index is 10.7. The molecule has 0 aliphatic heterocycles. The second-order valence-corrected chi connectivity index (χ2v) is 3.40. The first-order chi connectivity index (χ1) is 5.90. The molecule has 0 aromatic carbocycles. The lowest BCUT2D eigenvalue weighted by Gasteiger charge is -2.02. The summed E-state index contributed by atoms with van der Waals surface area (Å²) in [5.74, 6) is 0. The minimum absolute atomic E-state index is 0.902. The fraction of sp³-hybridized carbons (Fsp3) is 0.182. The predicted molar refractivity (Wildman–Crippen MR) is 46.6 cm³/mol. The van der Waals surface area contributed by atoms with Crippen LogP contribution in [0.15, 0.2) is 46.1 Å². The normalized spacial score (nSPS) is 23.8. The SMILES string of the molecule is O=CC1=CCC2=C3C=CC(=C12)C3. The maximum Gasteiger partial charge on any atom is 0.150 e. The van der Waals surface area contributed by atoms with Gasteiger partial charge in [0.1, 0.15) is 6.29 Å². The van der Waals surface area contributed by atoms with E-state index in [-0.39, 0.29) is 0 Å². The first-order valence-electron chi connectivity index (χ1n) is 4.19. The van der Waals surface area contributed by atoms with Gasteiger partial charge in [-0.25, -0.2) is 0 Å². The van der Waals surface area contributed by atoms with Crippen LogP contribution in [0, 0.1) is 0 Å². The summed E-state index contributed by atoms with van der Waals surface area (Å²) in [6.07, 6.45) is 9.35. The Balaban J connectivity index is 2.27. The van der Waals surface area contributed by atoms with Crippen molar-refractivity contribution >= 4 is 6.29 Å². The van der Waals surface area contributed by atoms with Gasteiger partial charge in [0.2, 0.25) is 0 Å². The van der Waals surface area contributed by atoms with Crippen LogP contribution >= 0.6 is 0 Å². The number of aldehydes is 1. The molecule has 0 saturated heterocycles. The fourth-order valence-corrected chi connectivity index (χ4v) is 2.27. The molecule has 3 aliphatic rings. The third-order valence-corrected chi connectivity index (χ3v) is 2.82. The molecule has 0 atom stereocenters. The van der Waals surface area contributed by atoms with Crippen LogP contribution in [0.3, 0.4) is 0 Å². The smallest absolute Gasteiger partial charge is 0.150 e. The summed E-state index contributed by atoms with van der Waals surface area (Å²) in [6.45, 7) is 0. The molecule has 0 N–H and O–H groups in total. The van der Waals surface area contributed by atoms with Crippen LogP contribution in [-0.2, 0) is 4.79 Å². The van der Waals surface area contributed by atoms with Gasteiger partial charge in [-0.1, -0.05) is 18.2 Å². The van der Waals surface area contributed by atoms with Crippen molar-refractivity contribution in [2.75, 3.05) is 0 Å². The molecular weight excluding hydrogens is 148 g/mol. The van der Waals surface area contributed by atoms with Crippen molar-refractivity contribution in [2.24, 2.45) is 0 Å². The summed E-state index contributed by atoms with van der Waals surface area (Å²) in [4.78, 5) is 10.7. The molecule has 0 heterocycles. The Labute approximate surface area is 70.8 Å². The van der Waals surface area contributed by atoms with Crippen molar-refractivity contribution in [3.05, 3.63) is 46.1 Å². The van der Waals surface area contributed by atoms with Crippen LogP contribution < -0.4 is 0 Å². The van der Waals surface area contributed by atoms with Gasteiger partial charge in [0.15, 0.2) is 0 Å². The third kappa shape index (κ3) is 0.536. The van der Waals surface area contributed by atoms with E-state index in [0.717, 1.165) is 24.7 Å². The molecule has 3 aliphatic carbocycles. The van der Waals surface area contributed by atoms with Crippen molar-refractivity contribution in [3.8, 4) is 0 Å². The molecule has 0 spiro atoms. The number of carbonyl (C=O) groups excluding carboxylic acids is 1. The number of hydrogen-bond donors (Lipinski definition) is 0. The van der Waals surface area contributed by atoms with E-state index in [1.54, 1.807) is 0 Å². The van der Waals surface area contributed by atoms with Crippen LogP contribution in [0.5, 0.6) is 0 Å². The monoisotopic (exact) mass is 156 g/mol. The van der Waals surface area contributed by atoms with E-state index in [1.165, 1.54) is 22.3 Å². The largest absolute Gasteiger partial charge is 0.298 e. The number of hydrogen-bond acceptors (Lipinski definition) is 1. The molecule has 0 unspecified atom stereocenters. The van der Waals surface area contributed by atoms with Crippen LogP contribution in [0.2, 0.25) is 0 Å². The van der Waals surface area contributed by atoms with Gasteiger partial charge in [0.05, 0.1) is 0 Å². The zero-order valence-corrected chi connectivity index (χ0v) is 6.63. The average molecular weight is 156 g/mol. The second kappa shape index (κ2) is 1.86. The van der Waals surface area contributed by atoms with Gasteiger partial charge < -0.3 is 0 Å². The second-order valence-electron chi connectivity index (χ2n) is 3.40. The Morgan fingerprint density at radius 3 is 2.92 bits per heavy atom. The van der Waals surface area contributed by atoms with Crippen molar-refractivity contribution in [1.82, 2.24) is 0 Å². The minimum atomic E-state index is 0.902. The Bertz CT molecular complexity index is 403. The highest BCUT2D eigenvalue weighted by Crippen LogP contribution is 2.46. The molecule has 0 aromatic rings. The summed E-state index contributed by atoms with van der Waals surface area (Å²) in [5, 5.41) is 0. The van der Waals surface area contributed by atoms with Gasteiger partial charge in [0.25, 0.3) is 0 Å². The standard InChI is InChI=1S/C11H8O/c12-6-9-3-4-10-7-1-2-8(5-7)11(9)10/h1-3,6H,4-5H2. The Kier molecular flexibility index (Phi) is 0.959. The summed E-state index contributed by atoms with van der Waals surface area (Å²) in [7, 11) is 0. The van der Waals surface area contributed by atoms with E-state index in [2.05, 4.69) is 12.2 Å². The number of allylic oxidation sites excluding steroid dienone is 8.